The van der Waals surface area contributed by atoms with Crippen molar-refractivity contribution in [3.8, 4) is 0 Å². The smallest absolute Gasteiger partial charge is 0.250 e. The molecule has 2 aromatic rings. The summed E-state index contributed by atoms with van der Waals surface area (Å²) in [5, 5.41) is 2.93. The third-order valence-corrected chi connectivity index (χ3v) is 7.54. The molecule has 1 N–H and O–H groups in total. The number of hydrogen-bond acceptors (Lipinski definition) is 4. The van der Waals surface area contributed by atoms with Crippen LogP contribution in [-0.2, 0) is 19.9 Å². The highest BCUT2D eigenvalue weighted by atomic mass is 79.9. The summed E-state index contributed by atoms with van der Waals surface area (Å²) in [6, 6.07) is 11.1. The molecular weight excluding hydrogens is 453 g/mol. The predicted octanol–water partition coefficient (Wildman–Crippen LogP) is 3.02. The van der Waals surface area contributed by atoms with Crippen LogP contribution in [0.3, 0.4) is 0 Å². The number of para-hydroxylation sites is 1. The molecule has 4 atom stereocenters. The van der Waals surface area contributed by atoms with E-state index in [1.54, 1.807) is 12.1 Å². The number of carbonyl (C=O) groups is 3. The van der Waals surface area contributed by atoms with E-state index in [1.165, 1.54) is 18.2 Å². The van der Waals surface area contributed by atoms with E-state index in [-0.39, 0.29) is 17.6 Å². The van der Waals surface area contributed by atoms with Gasteiger partial charge < -0.3 is 5.32 Å². The summed E-state index contributed by atoms with van der Waals surface area (Å²) in [5.41, 5.74) is 0.0592. The zero-order chi connectivity index (χ0) is 20.8. The lowest BCUT2D eigenvalue weighted by Gasteiger charge is -2.36. The van der Waals surface area contributed by atoms with Gasteiger partial charge in [0.2, 0.25) is 17.7 Å². The van der Waals surface area contributed by atoms with Crippen LogP contribution in [0.15, 0.2) is 46.9 Å². The van der Waals surface area contributed by atoms with Crippen molar-refractivity contribution in [1.82, 2.24) is 4.90 Å². The van der Waals surface area contributed by atoms with E-state index >= 15 is 0 Å². The number of fused-ring (bicyclic) bond motifs is 7. The standard InChI is InChI=1S/C22H17BrFN3O3/c23-11-7-8-14-12(10-11)22(21(30)25-14)18-17(16-6-3-9-26(16)22)19(28)27(20(18)29)15-5-2-1-4-13(15)24/h1-2,4-5,7-8,10,16-18H,3,6,9H2,(H,25,30)/t16-,17+,18+,22+/m0/s1. The maximum atomic E-state index is 14.5. The predicted molar refractivity (Wildman–Crippen MR) is 110 cm³/mol. The lowest BCUT2D eigenvalue weighted by Crippen LogP contribution is -2.54. The van der Waals surface area contributed by atoms with Gasteiger partial charge in [0.1, 0.15) is 11.4 Å². The van der Waals surface area contributed by atoms with Crippen molar-refractivity contribution in [2.75, 3.05) is 16.8 Å². The second-order valence-corrected chi connectivity index (χ2v) is 9.20. The molecule has 0 aliphatic carbocycles. The number of hydrogen-bond donors (Lipinski definition) is 1. The van der Waals surface area contributed by atoms with E-state index in [1.807, 2.05) is 17.0 Å². The Kier molecular flexibility index (Phi) is 3.63. The minimum absolute atomic E-state index is 0.0468. The van der Waals surface area contributed by atoms with Crippen LogP contribution >= 0.6 is 15.9 Å². The normalized spacial score (nSPS) is 32.0. The van der Waals surface area contributed by atoms with E-state index in [0.29, 0.717) is 17.8 Å². The highest BCUT2D eigenvalue weighted by molar-refractivity contribution is 9.10. The van der Waals surface area contributed by atoms with Crippen LogP contribution in [0.25, 0.3) is 0 Å². The summed E-state index contributed by atoms with van der Waals surface area (Å²) in [6.07, 6.45) is 1.57. The Hall–Kier alpha value is -2.58. The number of imide groups is 1. The van der Waals surface area contributed by atoms with Crippen LogP contribution < -0.4 is 10.2 Å². The van der Waals surface area contributed by atoms with Gasteiger partial charge in [0, 0.05) is 21.8 Å². The van der Waals surface area contributed by atoms with E-state index in [0.717, 1.165) is 22.2 Å². The zero-order valence-electron chi connectivity index (χ0n) is 15.8. The third kappa shape index (κ3) is 1.98. The van der Waals surface area contributed by atoms with Gasteiger partial charge in [-0.3, -0.25) is 19.3 Å². The van der Waals surface area contributed by atoms with Gasteiger partial charge in [-0.15, -0.1) is 0 Å². The number of halogens is 2. The van der Waals surface area contributed by atoms with Crippen molar-refractivity contribution in [3.05, 3.63) is 58.3 Å². The molecule has 152 valence electrons. The Morgan fingerprint density at radius 1 is 1.10 bits per heavy atom. The van der Waals surface area contributed by atoms with Crippen molar-refractivity contribution < 1.29 is 18.8 Å². The molecule has 2 aromatic carbocycles. The number of nitrogens with one attached hydrogen (secondary N) is 1. The minimum atomic E-state index is -1.25. The van der Waals surface area contributed by atoms with Gasteiger partial charge in [0.15, 0.2) is 0 Å². The number of amides is 3. The first-order chi connectivity index (χ1) is 14.5. The SMILES string of the molecule is O=C1[C@@H]2[C@@H]3CCCN3[C@@]3(C(=O)Nc4ccc(Br)cc43)[C@H]2C(=O)N1c1ccccc1F. The minimum Gasteiger partial charge on any atom is -0.324 e. The molecule has 30 heavy (non-hydrogen) atoms. The van der Waals surface area contributed by atoms with Gasteiger partial charge in [0.05, 0.1) is 17.5 Å². The van der Waals surface area contributed by atoms with Crippen LogP contribution in [-0.4, -0.2) is 35.2 Å². The van der Waals surface area contributed by atoms with Gasteiger partial charge in [-0.25, -0.2) is 9.29 Å². The van der Waals surface area contributed by atoms with Crippen molar-refractivity contribution in [3.63, 3.8) is 0 Å². The maximum Gasteiger partial charge on any atom is 0.250 e. The lowest BCUT2D eigenvalue weighted by molar-refractivity contribution is -0.135. The fourth-order valence-corrected chi connectivity index (χ4v) is 6.41. The molecule has 0 radical (unpaired) electrons. The Balaban J connectivity index is 1.58. The Morgan fingerprint density at radius 3 is 2.70 bits per heavy atom. The van der Waals surface area contributed by atoms with Crippen LogP contribution in [0.1, 0.15) is 18.4 Å². The molecule has 6 nitrogen and oxygen atoms in total. The third-order valence-electron chi connectivity index (χ3n) is 7.05. The number of benzene rings is 2. The first-order valence-corrected chi connectivity index (χ1v) is 10.8. The van der Waals surface area contributed by atoms with Crippen LogP contribution in [0, 0.1) is 17.7 Å². The topological polar surface area (TPSA) is 69.7 Å². The molecule has 4 aliphatic heterocycles. The molecule has 8 heteroatoms. The van der Waals surface area contributed by atoms with Crippen LogP contribution in [0.5, 0.6) is 0 Å². The van der Waals surface area contributed by atoms with E-state index in [2.05, 4.69) is 21.2 Å². The Labute approximate surface area is 180 Å². The van der Waals surface area contributed by atoms with Gasteiger partial charge in [-0.2, -0.15) is 0 Å². The highest BCUT2D eigenvalue weighted by Crippen LogP contribution is 2.60. The first-order valence-electron chi connectivity index (χ1n) is 9.97. The average molecular weight is 470 g/mol. The van der Waals surface area contributed by atoms with Crippen LogP contribution in [0.2, 0.25) is 0 Å². The number of carbonyl (C=O) groups excluding carboxylic acids is 3. The molecule has 0 saturated carbocycles. The maximum absolute atomic E-state index is 14.5. The van der Waals surface area contributed by atoms with Crippen molar-refractivity contribution in [2.24, 2.45) is 11.8 Å². The first kappa shape index (κ1) is 18.2. The molecule has 4 heterocycles. The van der Waals surface area contributed by atoms with Crippen molar-refractivity contribution in [2.45, 2.75) is 24.4 Å². The zero-order valence-corrected chi connectivity index (χ0v) is 17.4. The molecule has 1 spiro atoms. The number of anilines is 2. The summed E-state index contributed by atoms with van der Waals surface area (Å²) >= 11 is 3.48. The monoisotopic (exact) mass is 469 g/mol. The number of rotatable bonds is 1. The number of nitrogens with zero attached hydrogens (tertiary/aromatic N) is 2. The fraction of sp³-hybridized carbons (Fsp3) is 0.318. The second kappa shape index (κ2) is 5.98. The highest BCUT2D eigenvalue weighted by Gasteiger charge is 2.74. The van der Waals surface area contributed by atoms with Gasteiger partial charge >= 0.3 is 0 Å². The molecule has 0 unspecified atom stereocenters. The van der Waals surface area contributed by atoms with E-state index < -0.39 is 35.0 Å². The molecule has 6 rings (SSSR count). The van der Waals surface area contributed by atoms with Crippen molar-refractivity contribution in [1.29, 1.82) is 0 Å². The van der Waals surface area contributed by atoms with E-state index in [4.69, 9.17) is 0 Å². The summed E-state index contributed by atoms with van der Waals surface area (Å²) in [5.74, 6) is -3.39. The second-order valence-electron chi connectivity index (χ2n) is 8.28. The van der Waals surface area contributed by atoms with Gasteiger partial charge in [-0.1, -0.05) is 28.1 Å². The summed E-state index contributed by atoms with van der Waals surface area (Å²) < 4.78 is 15.3. The largest absolute Gasteiger partial charge is 0.324 e. The summed E-state index contributed by atoms with van der Waals surface area (Å²) in [7, 11) is 0. The summed E-state index contributed by atoms with van der Waals surface area (Å²) in [4.78, 5) is 43.7. The molecular formula is C22H17BrFN3O3. The molecule has 3 saturated heterocycles. The summed E-state index contributed by atoms with van der Waals surface area (Å²) in [6.45, 7) is 0.636. The van der Waals surface area contributed by atoms with Gasteiger partial charge in [0.25, 0.3) is 0 Å². The quantitative estimate of drug-likeness (QED) is 0.651. The molecule has 3 amide bonds. The molecule has 4 aliphatic rings. The van der Waals surface area contributed by atoms with Crippen molar-refractivity contribution >= 4 is 45.0 Å². The van der Waals surface area contributed by atoms with E-state index in [9.17, 15) is 18.8 Å². The Morgan fingerprint density at radius 2 is 1.90 bits per heavy atom. The molecule has 0 bridgehead atoms. The average Bonchev–Trinajstić information content (AvgIpc) is 3.42. The Bertz CT molecular complexity index is 1150. The molecule has 0 aromatic heterocycles. The van der Waals surface area contributed by atoms with Crippen LogP contribution in [0.4, 0.5) is 15.8 Å². The van der Waals surface area contributed by atoms with Gasteiger partial charge in [-0.05, 0) is 49.7 Å². The lowest BCUT2D eigenvalue weighted by atomic mass is 9.75. The molecule has 3 fully saturated rings. The fourth-order valence-electron chi connectivity index (χ4n) is 6.05.